The fourth-order valence-electron chi connectivity index (χ4n) is 2.87. The molecule has 0 atom stereocenters. The summed E-state index contributed by atoms with van der Waals surface area (Å²) in [5, 5.41) is 2.04. The van der Waals surface area contributed by atoms with Crippen molar-refractivity contribution in [1.29, 1.82) is 0 Å². The van der Waals surface area contributed by atoms with Crippen molar-refractivity contribution >= 4 is 34.0 Å². The quantitative estimate of drug-likeness (QED) is 0.299. The van der Waals surface area contributed by atoms with Crippen molar-refractivity contribution in [2.24, 2.45) is 0 Å². The summed E-state index contributed by atoms with van der Waals surface area (Å²) < 4.78 is 46.8. The Morgan fingerprint density at radius 2 is 1.11 bits per heavy atom. The van der Waals surface area contributed by atoms with Crippen LogP contribution in [-0.4, -0.2) is 27.2 Å². The molecule has 3 aromatic rings. The smallest absolute Gasteiger partial charge is 0.744 e. The fraction of sp³-hybridized carbons (Fsp3) is 0.100. The zero-order valence-electron chi connectivity index (χ0n) is 15.8. The Kier molecular flexibility index (Phi) is 8.07. The molecule has 0 amide bonds. The minimum absolute atomic E-state index is 0. The Bertz CT molecular complexity index is 1010. The molecule has 0 saturated heterocycles. The third-order valence-corrected chi connectivity index (χ3v) is 7.65. The number of rotatable bonds is 6. The van der Waals surface area contributed by atoms with Gasteiger partial charge in [-0.25, -0.2) is 8.42 Å². The van der Waals surface area contributed by atoms with Gasteiger partial charge in [-0.15, -0.1) is 0 Å². The van der Waals surface area contributed by atoms with E-state index in [-0.39, 0.29) is 34.5 Å². The van der Waals surface area contributed by atoms with Gasteiger partial charge in [0, 0.05) is 15.9 Å². The van der Waals surface area contributed by atoms with Crippen LogP contribution in [-0.2, 0) is 10.1 Å². The van der Waals surface area contributed by atoms with E-state index < -0.39 is 18.0 Å². The third kappa shape index (κ3) is 4.77. The molecular formula is C20H18NaO5PS. The molecule has 0 unspecified atom stereocenters. The summed E-state index contributed by atoms with van der Waals surface area (Å²) in [7, 11) is -2.94. The molecule has 28 heavy (non-hydrogen) atoms. The molecule has 0 aliphatic heterocycles. The molecular weight excluding hydrogens is 406 g/mol. The number of hydrogen-bond acceptors (Lipinski definition) is 5. The third-order valence-electron chi connectivity index (χ3n) is 4.03. The molecule has 0 bridgehead atoms. The van der Waals surface area contributed by atoms with Crippen LogP contribution in [0, 0.1) is 0 Å². The van der Waals surface area contributed by atoms with Gasteiger partial charge in [0.2, 0.25) is 0 Å². The average molecular weight is 424 g/mol. The van der Waals surface area contributed by atoms with Crippen molar-refractivity contribution in [3.8, 4) is 11.5 Å². The van der Waals surface area contributed by atoms with E-state index in [1.54, 1.807) is 32.4 Å². The van der Waals surface area contributed by atoms with Gasteiger partial charge in [-0.05, 0) is 26.1 Å². The maximum atomic E-state index is 11.9. The van der Waals surface area contributed by atoms with Crippen LogP contribution in [0.25, 0.3) is 0 Å². The summed E-state index contributed by atoms with van der Waals surface area (Å²) in [5.74, 6) is 1.24. The van der Waals surface area contributed by atoms with Crippen molar-refractivity contribution in [2.75, 3.05) is 14.2 Å². The summed E-state index contributed by atoms with van der Waals surface area (Å²) >= 11 is 0. The zero-order valence-corrected chi connectivity index (χ0v) is 19.5. The predicted octanol–water partition coefficient (Wildman–Crippen LogP) is -0.630. The minimum Gasteiger partial charge on any atom is -0.744 e. The van der Waals surface area contributed by atoms with E-state index in [4.69, 9.17) is 9.47 Å². The molecule has 3 aromatic carbocycles. The van der Waals surface area contributed by atoms with Gasteiger partial charge in [-0.1, -0.05) is 54.6 Å². The van der Waals surface area contributed by atoms with Crippen molar-refractivity contribution < 1.29 is 52.0 Å². The van der Waals surface area contributed by atoms with Gasteiger partial charge >= 0.3 is 29.6 Å². The molecule has 0 N–H and O–H groups in total. The normalized spacial score (nSPS) is 11.0. The second kappa shape index (κ2) is 9.88. The molecule has 0 saturated carbocycles. The van der Waals surface area contributed by atoms with Gasteiger partial charge in [0.25, 0.3) is 0 Å². The van der Waals surface area contributed by atoms with Crippen LogP contribution in [0.5, 0.6) is 11.5 Å². The molecule has 5 nitrogen and oxygen atoms in total. The van der Waals surface area contributed by atoms with Crippen LogP contribution in [0.3, 0.4) is 0 Å². The Hall–Kier alpha value is -1.40. The molecule has 0 spiro atoms. The van der Waals surface area contributed by atoms with Crippen LogP contribution in [0.2, 0.25) is 0 Å². The van der Waals surface area contributed by atoms with E-state index in [0.29, 0.717) is 16.8 Å². The first kappa shape index (κ1) is 22.9. The number of para-hydroxylation sites is 2. The number of benzene rings is 3. The van der Waals surface area contributed by atoms with Crippen LogP contribution < -0.4 is 54.9 Å². The molecule has 0 aliphatic rings. The number of ether oxygens (including phenoxy) is 2. The molecule has 8 heteroatoms. The Morgan fingerprint density at radius 1 is 0.714 bits per heavy atom. The summed E-state index contributed by atoms with van der Waals surface area (Å²) in [6, 6.07) is 21.1. The van der Waals surface area contributed by atoms with Crippen LogP contribution >= 0.6 is 7.92 Å². The molecule has 0 aromatic heterocycles. The largest absolute Gasteiger partial charge is 1.00 e. The molecule has 0 heterocycles. The zero-order chi connectivity index (χ0) is 19.4. The monoisotopic (exact) mass is 424 g/mol. The van der Waals surface area contributed by atoms with Crippen molar-refractivity contribution in [3.63, 3.8) is 0 Å². The van der Waals surface area contributed by atoms with Gasteiger partial charge in [0.1, 0.15) is 21.6 Å². The molecule has 0 fully saturated rings. The maximum Gasteiger partial charge on any atom is 1.00 e. The van der Waals surface area contributed by atoms with E-state index in [9.17, 15) is 13.0 Å². The Balaban J connectivity index is 0.00000280. The number of hydrogen-bond donors (Lipinski definition) is 0. The summed E-state index contributed by atoms with van der Waals surface area (Å²) in [6.07, 6.45) is 0. The first-order chi connectivity index (χ1) is 13.0. The topological polar surface area (TPSA) is 75.7 Å². The van der Waals surface area contributed by atoms with Crippen molar-refractivity contribution in [3.05, 3.63) is 72.8 Å². The molecule has 140 valence electrons. The van der Waals surface area contributed by atoms with Crippen LogP contribution in [0.1, 0.15) is 0 Å². The van der Waals surface area contributed by atoms with Crippen molar-refractivity contribution in [1.82, 2.24) is 0 Å². The average Bonchev–Trinajstić information content (AvgIpc) is 2.68. The molecule has 0 radical (unpaired) electrons. The van der Waals surface area contributed by atoms with Gasteiger partial charge in [-0.3, -0.25) is 0 Å². The Morgan fingerprint density at radius 3 is 1.54 bits per heavy atom. The van der Waals surface area contributed by atoms with Crippen LogP contribution in [0.15, 0.2) is 77.7 Å². The maximum absolute atomic E-state index is 11.9. The first-order valence-electron chi connectivity index (χ1n) is 8.08. The summed E-state index contributed by atoms with van der Waals surface area (Å²) in [6.45, 7) is 0. The second-order valence-electron chi connectivity index (χ2n) is 5.60. The van der Waals surface area contributed by atoms with Crippen LogP contribution in [0.4, 0.5) is 0 Å². The Labute approximate surface area is 188 Å². The number of methoxy groups -OCH3 is 2. The van der Waals surface area contributed by atoms with E-state index in [2.05, 4.69) is 0 Å². The standard InChI is InChI=1S/C20H19O5PS.Na/c1-24-15-9-3-5-11-17(15)26(18-12-6-4-10-16(18)25-2)19-13-7-8-14-20(19)27(21,22)23;/h3-14H,1-2H3,(H,21,22,23);/q;+1/p-1. The molecule has 3 rings (SSSR count). The van der Waals surface area contributed by atoms with Gasteiger partial charge < -0.3 is 14.0 Å². The SMILES string of the molecule is COc1ccccc1P(c1ccccc1OC)c1ccccc1S(=O)(=O)[O-].[Na+]. The summed E-state index contributed by atoms with van der Waals surface area (Å²) in [5.41, 5.74) is 0. The minimum atomic E-state index is -4.65. The van der Waals surface area contributed by atoms with E-state index in [0.717, 1.165) is 10.6 Å². The van der Waals surface area contributed by atoms with Gasteiger partial charge in [-0.2, -0.15) is 0 Å². The van der Waals surface area contributed by atoms with E-state index in [1.165, 1.54) is 6.07 Å². The van der Waals surface area contributed by atoms with E-state index in [1.807, 2.05) is 48.5 Å². The van der Waals surface area contributed by atoms with E-state index >= 15 is 0 Å². The van der Waals surface area contributed by atoms with Gasteiger partial charge in [0.15, 0.2) is 0 Å². The van der Waals surface area contributed by atoms with Gasteiger partial charge in [0.05, 0.1) is 19.1 Å². The first-order valence-corrected chi connectivity index (χ1v) is 10.8. The second-order valence-corrected chi connectivity index (χ2v) is 9.07. The summed E-state index contributed by atoms with van der Waals surface area (Å²) in [4.78, 5) is -0.229. The fourth-order valence-corrected chi connectivity index (χ4v) is 6.60. The molecule has 0 aliphatic carbocycles. The predicted molar refractivity (Wildman–Crippen MR) is 106 cm³/mol. The van der Waals surface area contributed by atoms with Crippen molar-refractivity contribution in [2.45, 2.75) is 4.90 Å².